The van der Waals surface area contributed by atoms with Crippen LogP contribution in [0, 0.1) is 5.82 Å². The van der Waals surface area contributed by atoms with Crippen LogP contribution >= 0.6 is 22.9 Å². The number of thiazole rings is 1. The van der Waals surface area contributed by atoms with Crippen molar-refractivity contribution in [2.24, 2.45) is 4.99 Å². The van der Waals surface area contributed by atoms with Gasteiger partial charge in [0.05, 0.1) is 47.7 Å². The molecule has 40 heavy (non-hydrogen) atoms. The van der Waals surface area contributed by atoms with Gasteiger partial charge in [0.1, 0.15) is 5.82 Å². The highest BCUT2D eigenvalue weighted by molar-refractivity contribution is 7.07. The monoisotopic (exact) mass is 578 g/mol. The smallest absolute Gasteiger partial charge is 0.338 e. The third-order valence-corrected chi connectivity index (χ3v) is 7.58. The first-order valence-electron chi connectivity index (χ1n) is 12.3. The van der Waals surface area contributed by atoms with Crippen molar-refractivity contribution in [2.45, 2.75) is 13.0 Å². The van der Waals surface area contributed by atoms with E-state index in [-0.39, 0.29) is 17.7 Å². The summed E-state index contributed by atoms with van der Waals surface area (Å²) in [6.07, 6.45) is 1.68. The second kappa shape index (κ2) is 11.5. The summed E-state index contributed by atoms with van der Waals surface area (Å²) < 4.78 is 31.9. The fourth-order valence-electron chi connectivity index (χ4n) is 4.57. The predicted octanol–water partition coefficient (Wildman–Crippen LogP) is 4.75. The van der Waals surface area contributed by atoms with E-state index in [0.29, 0.717) is 48.2 Å². The van der Waals surface area contributed by atoms with Gasteiger partial charge in [-0.3, -0.25) is 9.36 Å². The minimum atomic E-state index is -0.901. The molecular weight excluding hydrogens is 555 g/mol. The average molecular weight is 579 g/mol. The van der Waals surface area contributed by atoms with Crippen LogP contribution in [0.2, 0.25) is 5.02 Å². The van der Waals surface area contributed by atoms with E-state index in [1.54, 1.807) is 37.3 Å². The van der Waals surface area contributed by atoms with Crippen LogP contribution in [-0.4, -0.2) is 31.4 Å². The van der Waals surface area contributed by atoms with E-state index < -0.39 is 17.8 Å². The number of carbonyl (C=O) groups excluding carboxylic acids is 1. The van der Waals surface area contributed by atoms with Crippen molar-refractivity contribution in [2.75, 3.05) is 20.8 Å². The number of methoxy groups -OCH3 is 2. The van der Waals surface area contributed by atoms with Crippen molar-refractivity contribution in [3.63, 3.8) is 0 Å². The number of benzene rings is 3. The average Bonchev–Trinajstić information content (AvgIpc) is 3.27. The Labute approximate surface area is 238 Å². The van der Waals surface area contributed by atoms with Gasteiger partial charge in [0.15, 0.2) is 16.3 Å². The molecule has 5 rings (SSSR count). The largest absolute Gasteiger partial charge is 0.493 e. The Bertz CT molecular complexity index is 1800. The van der Waals surface area contributed by atoms with Crippen molar-refractivity contribution in [1.82, 2.24) is 4.57 Å². The van der Waals surface area contributed by atoms with Gasteiger partial charge in [0.25, 0.3) is 5.56 Å². The number of aromatic nitrogens is 1. The van der Waals surface area contributed by atoms with E-state index in [0.717, 1.165) is 0 Å². The van der Waals surface area contributed by atoms with E-state index in [1.165, 1.54) is 42.3 Å². The first-order valence-corrected chi connectivity index (χ1v) is 13.5. The quantitative estimate of drug-likeness (QED) is 0.296. The number of ether oxygens (including phenoxy) is 3. The number of hydrogen-bond acceptors (Lipinski definition) is 7. The van der Waals surface area contributed by atoms with Gasteiger partial charge >= 0.3 is 5.97 Å². The van der Waals surface area contributed by atoms with Gasteiger partial charge in [-0.15, -0.1) is 0 Å². The minimum absolute atomic E-state index is 0.130. The van der Waals surface area contributed by atoms with Gasteiger partial charge in [-0.25, -0.2) is 14.2 Å². The van der Waals surface area contributed by atoms with Crippen molar-refractivity contribution in [1.29, 1.82) is 0 Å². The standard InChI is InChI=1S/C30H24ClFN2O5S/c1-4-39-29(36)24-25(18-8-6-5-7-9-18)33-30-34(26(24)19-10-12-20(32)13-11-19)28(35)23(40-30)16-17-14-21(31)27(38-3)22(15-17)37-2/h5-16,26H,4H2,1-3H3/b23-16-/t26-/m0/s1. The van der Waals surface area contributed by atoms with E-state index >= 15 is 0 Å². The number of nitrogens with zero attached hydrogens (tertiary/aromatic N) is 2. The van der Waals surface area contributed by atoms with Gasteiger partial charge in [-0.2, -0.15) is 0 Å². The van der Waals surface area contributed by atoms with Crippen molar-refractivity contribution in [3.05, 3.63) is 120 Å². The first-order chi connectivity index (χ1) is 19.4. The summed E-state index contributed by atoms with van der Waals surface area (Å²) in [4.78, 5) is 32.6. The fraction of sp³-hybridized carbons (Fsp3) is 0.167. The maximum absolute atomic E-state index is 13.9. The summed E-state index contributed by atoms with van der Waals surface area (Å²) in [5, 5.41) is 0.320. The van der Waals surface area contributed by atoms with Crippen LogP contribution in [-0.2, 0) is 9.53 Å². The molecule has 0 N–H and O–H groups in total. The molecule has 0 aliphatic carbocycles. The van der Waals surface area contributed by atoms with E-state index in [1.807, 2.05) is 30.3 Å². The van der Waals surface area contributed by atoms with Gasteiger partial charge < -0.3 is 14.2 Å². The molecule has 10 heteroatoms. The summed E-state index contributed by atoms with van der Waals surface area (Å²) in [6, 6.07) is 17.4. The van der Waals surface area contributed by atoms with Crippen LogP contribution in [0.1, 0.15) is 29.7 Å². The van der Waals surface area contributed by atoms with Crippen LogP contribution < -0.4 is 24.4 Å². The summed E-state index contributed by atoms with van der Waals surface area (Å²) >= 11 is 7.56. The Morgan fingerprint density at radius 3 is 2.48 bits per heavy atom. The maximum Gasteiger partial charge on any atom is 0.338 e. The molecule has 7 nitrogen and oxygen atoms in total. The Hall–Kier alpha value is -4.21. The van der Waals surface area contributed by atoms with E-state index in [4.69, 9.17) is 30.8 Å². The van der Waals surface area contributed by atoms with E-state index in [9.17, 15) is 14.0 Å². The van der Waals surface area contributed by atoms with Gasteiger partial charge in [-0.1, -0.05) is 65.4 Å². The lowest BCUT2D eigenvalue weighted by molar-refractivity contribution is -0.138. The van der Waals surface area contributed by atoms with Crippen LogP contribution in [0.3, 0.4) is 0 Å². The molecule has 0 unspecified atom stereocenters. The summed E-state index contributed by atoms with van der Waals surface area (Å²) in [6.45, 7) is 1.84. The highest BCUT2D eigenvalue weighted by Crippen LogP contribution is 2.37. The topological polar surface area (TPSA) is 79.1 Å². The lowest BCUT2D eigenvalue weighted by atomic mass is 9.93. The third kappa shape index (κ3) is 5.05. The molecule has 1 aliphatic heterocycles. The number of esters is 1. The zero-order valence-corrected chi connectivity index (χ0v) is 23.4. The molecule has 4 aromatic rings. The number of fused-ring (bicyclic) bond motifs is 1. The number of hydrogen-bond donors (Lipinski definition) is 0. The SMILES string of the molecule is CCOC(=O)C1=C(c2ccccc2)N=c2s/c(=C\c3cc(Cl)c(OC)c(OC)c3)c(=O)n2[C@H]1c1ccc(F)cc1. The Morgan fingerprint density at radius 1 is 1.10 bits per heavy atom. The molecule has 0 saturated carbocycles. The fourth-order valence-corrected chi connectivity index (χ4v) is 5.87. The molecule has 0 bridgehead atoms. The Morgan fingerprint density at radius 2 is 1.82 bits per heavy atom. The third-order valence-electron chi connectivity index (χ3n) is 6.31. The van der Waals surface area contributed by atoms with Gasteiger partial charge in [0, 0.05) is 5.56 Å². The zero-order chi connectivity index (χ0) is 28.4. The van der Waals surface area contributed by atoms with Crippen molar-refractivity contribution >= 4 is 40.7 Å². The predicted molar refractivity (Wildman–Crippen MR) is 152 cm³/mol. The number of carbonyl (C=O) groups is 1. The van der Waals surface area contributed by atoms with Gasteiger partial charge in [0.2, 0.25) is 0 Å². The molecule has 0 fully saturated rings. The van der Waals surface area contributed by atoms with Crippen LogP contribution in [0.15, 0.2) is 82.1 Å². The molecule has 0 saturated heterocycles. The number of halogens is 2. The highest BCUT2D eigenvalue weighted by Gasteiger charge is 2.35. The summed E-state index contributed by atoms with van der Waals surface area (Å²) in [7, 11) is 2.99. The van der Waals surface area contributed by atoms with Gasteiger partial charge in [-0.05, 0) is 48.4 Å². The molecule has 0 amide bonds. The molecular formula is C30H24ClFN2O5S. The molecule has 0 spiro atoms. The van der Waals surface area contributed by atoms with Crippen molar-refractivity contribution < 1.29 is 23.4 Å². The van der Waals surface area contributed by atoms with Crippen LogP contribution in [0.25, 0.3) is 11.8 Å². The zero-order valence-electron chi connectivity index (χ0n) is 21.8. The maximum atomic E-state index is 13.9. The second-order valence-electron chi connectivity index (χ2n) is 8.72. The first kappa shape index (κ1) is 27.4. The van der Waals surface area contributed by atoms with Crippen molar-refractivity contribution in [3.8, 4) is 11.5 Å². The van der Waals surface area contributed by atoms with Crippen LogP contribution in [0.5, 0.6) is 11.5 Å². The highest BCUT2D eigenvalue weighted by atomic mass is 35.5. The Balaban J connectivity index is 1.81. The summed E-state index contributed by atoms with van der Waals surface area (Å²) in [5.41, 5.74) is 2.02. The molecule has 3 aromatic carbocycles. The van der Waals surface area contributed by atoms with E-state index in [2.05, 4.69) is 0 Å². The number of rotatable bonds is 7. The molecule has 2 heterocycles. The second-order valence-corrected chi connectivity index (χ2v) is 10.1. The lowest BCUT2D eigenvalue weighted by Gasteiger charge is -2.25. The Kier molecular flexibility index (Phi) is 7.86. The van der Waals surface area contributed by atoms with Crippen LogP contribution in [0.4, 0.5) is 4.39 Å². The normalized spacial score (nSPS) is 14.9. The summed E-state index contributed by atoms with van der Waals surface area (Å²) in [5.74, 6) is -0.258. The molecule has 0 radical (unpaired) electrons. The molecule has 1 aliphatic rings. The molecule has 1 aromatic heterocycles. The molecule has 1 atom stereocenters. The lowest BCUT2D eigenvalue weighted by Crippen LogP contribution is -2.40. The molecule has 204 valence electrons. The minimum Gasteiger partial charge on any atom is -0.493 e.